The van der Waals surface area contributed by atoms with Crippen LogP contribution in [0.5, 0.6) is 0 Å². The lowest BCUT2D eigenvalue weighted by Gasteiger charge is -2.09. The highest BCUT2D eigenvalue weighted by molar-refractivity contribution is 14.0. The van der Waals surface area contributed by atoms with Crippen molar-refractivity contribution < 1.29 is 4.52 Å². The number of thiophene rings is 1. The quantitative estimate of drug-likeness (QED) is 0.349. The Labute approximate surface area is 162 Å². The van der Waals surface area contributed by atoms with Crippen molar-refractivity contribution in [2.24, 2.45) is 4.99 Å². The van der Waals surface area contributed by atoms with E-state index in [2.05, 4.69) is 37.6 Å². The summed E-state index contributed by atoms with van der Waals surface area (Å²) >= 11 is 1.69. The van der Waals surface area contributed by atoms with Crippen molar-refractivity contribution in [3.63, 3.8) is 0 Å². The van der Waals surface area contributed by atoms with Gasteiger partial charge < -0.3 is 15.2 Å². The molecule has 7 heteroatoms. The van der Waals surface area contributed by atoms with Crippen LogP contribution in [0.1, 0.15) is 11.3 Å². The Kier molecular flexibility index (Phi) is 7.26. The number of hydrogen-bond acceptors (Lipinski definition) is 4. The van der Waals surface area contributed by atoms with Gasteiger partial charge in [-0.15, -0.1) is 24.0 Å². The first kappa shape index (κ1) is 18.5. The van der Waals surface area contributed by atoms with E-state index in [4.69, 9.17) is 4.52 Å². The van der Waals surface area contributed by atoms with E-state index in [-0.39, 0.29) is 24.0 Å². The first-order valence-corrected chi connectivity index (χ1v) is 8.26. The highest BCUT2D eigenvalue weighted by Gasteiger charge is 2.07. The van der Waals surface area contributed by atoms with Crippen LogP contribution >= 0.6 is 35.3 Å². The van der Waals surface area contributed by atoms with Crippen molar-refractivity contribution in [2.45, 2.75) is 13.1 Å². The molecule has 2 heterocycles. The van der Waals surface area contributed by atoms with Gasteiger partial charge in [-0.1, -0.05) is 35.5 Å². The number of aromatic nitrogens is 1. The van der Waals surface area contributed by atoms with Gasteiger partial charge in [0.05, 0.1) is 6.54 Å². The fourth-order valence-corrected chi connectivity index (χ4v) is 2.78. The van der Waals surface area contributed by atoms with E-state index in [9.17, 15) is 0 Å². The molecule has 0 radical (unpaired) electrons. The molecule has 0 aliphatic carbocycles. The zero-order valence-electron chi connectivity index (χ0n) is 13.2. The summed E-state index contributed by atoms with van der Waals surface area (Å²) < 4.78 is 5.39. The first-order valence-electron chi connectivity index (χ1n) is 7.32. The molecule has 0 fully saturated rings. The van der Waals surface area contributed by atoms with Gasteiger partial charge in [-0.3, -0.25) is 4.99 Å². The normalized spacial score (nSPS) is 11.0. The third-order valence-electron chi connectivity index (χ3n) is 3.32. The summed E-state index contributed by atoms with van der Waals surface area (Å²) in [5.74, 6) is 1.50. The molecule has 0 saturated heterocycles. The molecule has 0 saturated carbocycles. The highest BCUT2D eigenvalue weighted by atomic mass is 127. The molecular weight excluding hydrogens is 435 g/mol. The highest BCUT2D eigenvalue weighted by Crippen LogP contribution is 2.19. The summed E-state index contributed by atoms with van der Waals surface area (Å²) in [6, 6.07) is 14.0. The lowest BCUT2D eigenvalue weighted by Crippen LogP contribution is -2.36. The second-order valence-corrected chi connectivity index (χ2v) is 5.74. The predicted octanol–water partition coefficient (Wildman–Crippen LogP) is 3.89. The van der Waals surface area contributed by atoms with Crippen LogP contribution in [0, 0.1) is 0 Å². The zero-order chi connectivity index (χ0) is 15.9. The van der Waals surface area contributed by atoms with Gasteiger partial charge in [0.25, 0.3) is 0 Å². The summed E-state index contributed by atoms with van der Waals surface area (Å²) in [6.45, 7) is 1.30. The van der Waals surface area contributed by atoms with Crippen LogP contribution in [0.15, 0.2) is 62.7 Å². The Morgan fingerprint density at radius 1 is 1.17 bits per heavy atom. The van der Waals surface area contributed by atoms with Crippen molar-refractivity contribution in [3.8, 4) is 11.3 Å². The van der Waals surface area contributed by atoms with Crippen molar-refractivity contribution in [1.82, 2.24) is 15.8 Å². The number of hydrogen-bond donors (Lipinski definition) is 2. The smallest absolute Gasteiger partial charge is 0.191 e. The third kappa shape index (κ3) is 5.07. The number of nitrogens with zero attached hydrogens (tertiary/aromatic N) is 2. The van der Waals surface area contributed by atoms with Gasteiger partial charge >= 0.3 is 0 Å². The van der Waals surface area contributed by atoms with E-state index < -0.39 is 0 Å². The van der Waals surface area contributed by atoms with E-state index in [0.29, 0.717) is 6.54 Å². The van der Waals surface area contributed by atoms with Crippen molar-refractivity contribution >= 4 is 41.3 Å². The molecule has 5 nitrogen and oxygen atoms in total. The van der Waals surface area contributed by atoms with E-state index in [1.165, 1.54) is 5.56 Å². The lowest BCUT2D eigenvalue weighted by atomic mass is 10.2. The van der Waals surface area contributed by atoms with Crippen LogP contribution in [0.3, 0.4) is 0 Å². The SMILES string of the molecule is CN=C(NCc1ccsc1)NCc1cc(-c2ccccc2)on1.I. The lowest BCUT2D eigenvalue weighted by molar-refractivity contribution is 0.422. The minimum atomic E-state index is 0. The maximum Gasteiger partial charge on any atom is 0.191 e. The molecule has 2 aromatic heterocycles. The maximum atomic E-state index is 5.39. The molecule has 0 bridgehead atoms. The number of benzene rings is 1. The number of guanidine groups is 1. The van der Waals surface area contributed by atoms with Crippen LogP contribution in [0.4, 0.5) is 0 Å². The minimum absolute atomic E-state index is 0. The van der Waals surface area contributed by atoms with Gasteiger partial charge in [0.15, 0.2) is 11.7 Å². The second-order valence-electron chi connectivity index (χ2n) is 4.96. The molecular formula is C17H19IN4OS. The van der Waals surface area contributed by atoms with Gasteiger partial charge in [-0.25, -0.2) is 0 Å². The van der Waals surface area contributed by atoms with Crippen LogP contribution in [0.2, 0.25) is 0 Å². The molecule has 0 aliphatic heterocycles. The van der Waals surface area contributed by atoms with E-state index >= 15 is 0 Å². The average Bonchev–Trinajstić information content (AvgIpc) is 3.27. The number of aliphatic imine (C=N–C) groups is 1. The second kappa shape index (κ2) is 9.43. The zero-order valence-corrected chi connectivity index (χ0v) is 16.4. The Balaban J connectivity index is 0.00000208. The van der Waals surface area contributed by atoms with E-state index in [1.807, 2.05) is 36.4 Å². The van der Waals surface area contributed by atoms with Crippen molar-refractivity contribution in [1.29, 1.82) is 0 Å². The first-order chi connectivity index (χ1) is 11.3. The molecule has 0 atom stereocenters. The van der Waals surface area contributed by atoms with Crippen LogP contribution < -0.4 is 10.6 Å². The molecule has 24 heavy (non-hydrogen) atoms. The average molecular weight is 454 g/mol. The summed E-state index contributed by atoms with van der Waals surface area (Å²) in [5, 5.41) is 14.8. The van der Waals surface area contributed by atoms with Gasteiger partial charge in [0.1, 0.15) is 5.69 Å². The van der Waals surface area contributed by atoms with Crippen molar-refractivity contribution in [3.05, 3.63) is 64.5 Å². The molecule has 0 aliphatic rings. The standard InChI is InChI=1S/C17H18N4OS.HI/c1-18-17(19-10-13-7-8-23-12-13)20-11-15-9-16(22-21-15)14-5-3-2-4-6-14;/h2-9,12H,10-11H2,1H3,(H2,18,19,20);1H. The Bertz CT molecular complexity index is 756. The summed E-state index contributed by atoms with van der Waals surface area (Å²) in [6.07, 6.45) is 0. The molecule has 126 valence electrons. The van der Waals surface area contributed by atoms with Crippen LogP contribution in [-0.4, -0.2) is 18.2 Å². The monoisotopic (exact) mass is 454 g/mol. The van der Waals surface area contributed by atoms with Gasteiger partial charge in [0.2, 0.25) is 0 Å². The largest absolute Gasteiger partial charge is 0.356 e. The maximum absolute atomic E-state index is 5.39. The van der Waals surface area contributed by atoms with E-state index in [0.717, 1.165) is 29.5 Å². The Hall–Kier alpha value is -1.87. The summed E-state index contributed by atoms with van der Waals surface area (Å²) in [7, 11) is 1.75. The molecule has 3 rings (SSSR count). The Morgan fingerprint density at radius 3 is 2.67 bits per heavy atom. The summed E-state index contributed by atoms with van der Waals surface area (Å²) in [5.41, 5.74) is 3.10. The Morgan fingerprint density at radius 2 is 1.96 bits per heavy atom. The van der Waals surface area contributed by atoms with Crippen LogP contribution in [0.25, 0.3) is 11.3 Å². The molecule has 0 unspecified atom stereocenters. The fourth-order valence-electron chi connectivity index (χ4n) is 2.11. The topological polar surface area (TPSA) is 62.5 Å². The van der Waals surface area contributed by atoms with Gasteiger partial charge in [-0.05, 0) is 22.4 Å². The van der Waals surface area contributed by atoms with Gasteiger partial charge in [0, 0.05) is 25.2 Å². The number of halogens is 1. The summed E-state index contributed by atoms with van der Waals surface area (Å²) in [4.78, 5) is 4.21. The predicted molar refractivity (Wildman–Crippen MR) is 109 cm³/mol. The minimum Gasteiger partial charge on any atom is -0.356 e. The van der Waals surface area contributed by atoms with Crippen molar-refractivity contribution in [2.75, 3.05) is 7.05 Å². The fraction of sp³-hybridized carbons (Fsp3) is 0.176. The third-order valence-corrected chi connectivity index (χ3v) is 4.05. The molecule has 3 aromatic rings. The molecule has 2 N–H and O–H groups in total. The number of rotatable bonds is 5. The molecule has 0 amide bonds. The molecule has 1 aromatic carbocycles. The van der Waals surface area contributed by atoms with Crippen LogP contribution in [-0.2, 0) is 13.1 Å². The number of nitrogens with one attached hydrogen (secondary N) is 2. The molecule has 0 spiro atoms. The van der Waals surface area contributed by atoms with E-state index in [1.54, 1.807) is 18.4 Å². The van der Waals surface area contributed by atoms with Gasteiger partial charge in [-0.2, -0.15) is 11.3 Å².